The lowest BCUT2D eigenvalue weighted by molar-refractivity contribution is -0.124. The molecular formula is C23H25NO5. The van der Waals surface area contributed by atoms with Crippen LogP contribution in [0.3, 0.4) is 0 Å². The van der Waals surface area contributed by atoms with Gasteiger partial charge in [-0.3, -0.25) is 4.79 Å². The average Bonchev–Trinajstić information content (AvgIpc) is 3.10. The summed E-state index contributed by atoms with van der Waals surface area (Å²) in [6.07, 6.45) is 1.66. The zero-order chi connectivity index (χ0) is 20.6. The molecule has 0 aliphatic carbocycles. The number of benzene rings is 2. The van der Waals surface area contributed by atoms with Crippen molar-refractivity contribution >= 4 is 22.8 Å². The second kappa shape index (κ2) is 9.89. The van der Waals surface area contributed by atoms with E-state index >= 15 is 0 Å². The van der Waals surface area contributed by atoms with Crippen LogP contribution in [-0.2, 0) is 27.3 Å². The predicted octanol–water partition coefficient (Wildman–Crippen LogP) is 3.87. The fourth-order valence-electron chi connectivity index (χ4n) is 3.16. The van der Waals surface area contributed by atoms with Crippen LogP contribution in [0.1, 0.15) is 35.0 Å². The van der Waals surface area contributed by atoms with E-state index in [4.69, 9.17) is 13.9 Å². The molecule has 0 aliphatic heterocycles. The van der Waals surface area contributed by atoms with Gasteiger partial charge < -0.3 is 19.2 Å². The highest BCUT2D eigenvalue weighted by molar-refractivity contribution is 5.96. The highest BCUT2D eigenvalue weighted by Crippen LogP contribution is 2.27. The van der Waals surface area contributed by atoms with Crippen LogP contribution in [0.5, 0.6) is 0 Å². The van der Waals surface area contributed by atoms with E-state index in [1.165, 1.54) is 5.56 Å². The van der Waals surface area contributed by atoms with Crippen LogP contribution in [0, 0.1) is 0 Å². The Hall–Kier alpha value is -3.12. The van der Waals surface area contributed by atoms with Crippen LogP contribution in [-0.4, -0.2) is 31.6 Å². The summed E-state index contributed by atoms with van der Waals surface area (Å²) in [5, 5.41) is 3.64. The quantitative estimate of drug-likeness (QED) is 0.557. The number of para-hydroxylation sites is 1. The van der Waals surface area contributed by atoms with E-state index in [9.17, 15) is 9.59 Å². The minimum atomic E-state index is -0.680. The van der Waals surface area contributed by atoms with E-state index in [0.717, 1.165) is 18.2 Å². The molecule has 1 N–H and O–H groups in total. The van der Waals surface area contributed by atoms with Gasteiger partial charge in [-0.25, -0.2) is 4.79 Å². The number of rotatable bonds is 9. The molecule has 1 atom stereocenters. The van der Waals surface area contributed by atoms with Gasteiger partial charge in [-0.15, -0.1) is 0 Å². The molecule has 0 bridgehead atoms. The second-order valence-electron chi connectivity index (χ2n) is 6.91. The van der Waals surface area contributed by atoms with Crippen molar-refractivity contribution in [1.29, 1.82) is 0 Å². The lowest BCUT2D eigenvalue weighted by Gasteiger charge is -2.14. The molecule has 2 aromatic carbocycles. The van der Waals surface area contributed by atoms with E-state index in [1.54, 1.807) is 13.2 Å². The fourth-order valence-corrected chi connectivity index (χ4v) is 3.16. The summed E-state index contributed by atoms with van der Waals surface area (Å²) in [6, 6.07) is 17.3. The van der Waals surface area contributed by atoms with Crippen LogP contribution in [0.2, 0.25) is 0 Å². The minimum absolute atomic E-state index is 0.0309. The maximum Gasteiger partial charge on any atom is 0.375 e. The number of hydrogen-bond acceptors (Lipinski definition) is 5. The van der Waals surface area contributed by atoms with Gasteiger partial charge in [0.2, 0.25) is 5.76 Å². The monoisotopic (exact) mass is 395 g/mol. The molecular weight excluding hydrogens is 370 g/mol. The molecule has 0 saturated heterocycles. The summed E-state index contributed by atoms with van der Waals surface area (Å²) in [6.45, 7) is 1.78. The number of amides is 1. The summed E-state index contributed by atoms with van der Waals surface area (Å²) in [7, 11) is 1.54. The van der Waals surface area contributed by atoms with Gasteiger partial charge >= 0.3 is 5.97 Å². The number of furan rings is 1. The van der Waals surface area contributed by atoms with Gasteiger partial charge in [0.05, 0.1) is 6.61 Å². The first kappa shape index (κ1) is 20.6. The van der Waals surface area contributed by atoms with Crippen molar-refractivity contribution in [3.63, 3.8) is 0 Å². The Morgan fingerprint density at radius 3 is 2.55 bits per heavy atom. The maximum absolute atomic E-state index is 12.5. The third kappa shape index (κ3) is 5.45. The number of nitrogens with one attached hydrogen (secondary N) is 1. The standard InChI is InChI=1S/C23H25NO5/c1-16(12-13-17-8-4-3-5-9-17)24-21(25)15-28-23(26)22-19(14-27-2)18-10-6-7-11-20(18)29-22/h3-11,16H,12-15H2,1-2H3,(H,24,25)/t16-/m0/s1. The Morgan fingerprint density at radius 2 is 1.79 bits per heavy atom. The molecule has 0 radical (unpaired) electrons. The summed E-state index contributed by atoms with van der Waals surface area (Å²) in [5.74, 6) is -0.957. The summed E-state index contributed by atoms with van der Waals surface area (Å²) in [4.78, 5) is 24.6. The SMILES string of the molecule is COCc1c(C(=O)OCC(=O)N[C@@H](C)CCc2ccccc2)oc2ccccc12. The van der Waals surface area contributed by atoms with Crippen molar-refractivity contribution in [2.45, 2.75) is 32.4 Å². The molecule has 152 valence electrons. The van der Waals surface area contributed by atoms with Crippen molar-refractivity contribution < 1.29 is 23.5 Å². The molecule has 6 nitrogen and oxygen atoms in total. The molecule has 3 aromatic rings. The van der Waals surface area contributed by atoms with Gasteiger partial charge in [0, 0.05) is 24.1 Å². The molecule has 0 saturated carbocycles. The third-order valence-corrected chi connectivity index (χ3v) is 4.62. The number of ether oxygens (including phenoxy) is 2. The van der Waals surface area contributed by atoms with Gasteiger partial charge in [-0.05, 0) is 31.4 Å². The second-order valence-corrected chi connectivity index (χ2v) is 6.91. The van der Waals surface area contributed by atoms with E-state index in [2.05, 4.69) is 17.4 Å². The Labute approximate surface area is 169 Å². The molecule has 0 unspecified atom stereocenters. The van der Waals surface area contributed by atoms with Crippen molar-refractivity contribution in [3.05, 3.63) is 71.5 Å². The number of fused-ring (bicyclic) bond motifs is 1. The molecule has 0 spiro atoms. The number of aryl methyl sites for hydroxylation is 1. The third-order valence-electron chi connectivity index (χ3n) is 4.62. The number of carbonyl (C=O) groups is 2. The average molecular weight is 395 g/mol. The maximum atomic E-state index is 12.5. The molecule has 0 fully saturated rings. The van der Waals surface area contributed by atoms with E-state index < -0.39 is 5.97 Å². The Balaban J connectivity index is 1.53. The lowest BCUT2D eigenvalue weighted by Crippen LogP contribution is -2.36. The van der Waals surface area contributed by atoms with Crippen molar-refractivity contribution in [3.8, 4) is 0 Å². The summed E-state index contributed by atoms with van der Waals surface area (Å²) >= 11 is 0. The van der Waals surface area contributed by atoms with Gasteiger partial charge in [0.25, 0.3) is 5.91 Å². The highest BCUT2D eigenvalue weighted by atomic mass is 16.5. The first-order valence-electron chi connectivity index (χ1n) is 9.58. The molecule has 1 heterocycles. The van der Waals surface area contributed by atoms with Crippen LogP contribution in [0.4, 0.5) is 0 Å². The van der Waals surface area contributed by atoms with E-state index in [1.807, 2.05) is 43.3 Å². The van der Waals surface area contributed by atoms with Crippen molar-refractivity contribution in [1.82, 2.24) is 5.32 Å². The van der Waals surface area contributed by atoms with Crippen LogP contribution >= 0.6 is 0 Å². The molecule has 0 aliphatic rings. The number of esters is 1. The highest BCUT2D eigenvalue weighted by Gasteiger charge is 2.22. The van der Waals surface area contributed by atoms with Crippen molar-refractivity contribution in [2.75, 3.05) is 13.7 Å². The molecule has 6 heteroatoms. The predicted molar refractivity (Wildman–Crippen MR) is 110 cm³/mol. The van der Waals surface area contributed by atoms with Crippen LogP contribution in [0.15, 0.2) is 59.0 Å². The zero-order valence-electron chi connectivity index (χ0n) is 16.6. The smallest absolute Gasteiger partial charge is 0.375 e. The molecule has 1 aromatic heterocycles. The minimum Gasteiger partial charge on any atom is -0.450 e. The normalized spacial score (nSPS) is 11.9. The number of carbonyl (C=O) groups excluding carboxylic acids is 2. The summed E-state index contributed by atoms with van der Waals surface area (Å²) in [5.41, 5.74) is 2.41. The topological polar surface area (TPSA) is 77.8 Å². The van der Waals surface area contributed by atoms with E-state index in [0.29, 0.717) is 11.1 Å². The Morgan fingerprint density at radius 1 is 1.07 bits per heavy atom. The van der Waals surface area contributed by atoms with Gasteiger partial charge in [0.1, 0.15) is 5.58 Å². The Kier molecular flexibility index (Phi) is 7.03. The first-order chi connectivity index (χ1) is 14.1. The lowest BCUT2D eigenvalue weighted by atomic mass is 10.1. The van der Waals surface area contributed by atoms with Gasteiger partial charge in [0.15, 0.2) is 6.61 Å². The van der Waals surface area contributed by atoms with Gasteiger partial charge in [-0.1, -0.05) is 48.5 Å². The van der Waals surface area contributed by atoms with E-state index in [-0.39, 0.29) is 30.9 Å². The summed E-state index contributed by atoms with van der Waals surface area (Å²) < 4.78 is 16.0. The van der Waals surface area contributed by atoms with Crippen LogP contribution in [0.25, 0.3) is 11.0 Å². The molecule has 29 heavy (non-hydrogen) atoms. The fraction of sp³-hybridized carbons (Fsp3) is 0.304. The molecule has 3 rings (SSSR count). The van der Waals surface area contributed by atoms with Gasteiger partial charge in [-0.2, -0.15) is 0 Å². The largest absolute Gasteiger partial charge is 0.450 e. The number of hydrogen-bond donors (Lipinski definition) is 1. The number of methoxy groups -OCH3 is 1. The van der Waals surface area contributed by atoms with Crippen molar-refractivity contribution in [2.24, 2.45) is 0 Å². The Bertz CT molecular complexity index is 964. The van der Waals surface area contributed by atoms with Crippen LogP contribution < -0.4 is 5.32 Å². The first-order valence-corrected chi connectivity index (χ1v) is 9.58. The molecule has 1 amide bonds. The zero-order valence-corrected chi connectivity index (χ0v) is 16.6.